The molecule has 0 aliphatic heterocycles. The lowest BCUT2D eigenvalue weighted by Crippen LogP contribution is -2.24. The number of carboxylic acid groups (broad SMARTS) is 1. The minimum absolute atomic E-state index is 0.310. The molecule has 0 aliphatic rings. The quantitative estimate of drug-likeness (QED) is 0.615. The molecule has 0 spiro atoms. The molecular weight excluding hydrogens is 146 g/mol. The third-order valence-corrected chi connectivity index (χ3v) is 1.61. The van der Waals surface area contributed by atoms with Crippen LogP contribution in [-0.4, -0.2) is 17.0 Å². The van der Waals surface area contributed by atoms with E-state index in [2.05, 4.69) is 0 Å². The number of aliphatic carboxylic acids is 1. The van der Waals surface area contributed by atoms with E-state index in [1.54, 1.807) is 13.8 Å². The lowest BCUT2D eigenvalue weighted by molar-refractivity contribution is -0.141. The van der Waals surface area contributed by atoms with Gasteiger partial charge in [-0.15, -0.1) is 0 Å². The molecule has 11 heavy (non-hydrogen) atoms. The summed E-state index contributed by atoms with van der Waals surface area (Å²) in [5, 5.41) is 8.46. The van der Waals surface area contributed by atoms with E-state index in [9.17, 15) is 9.59 Å². The smallest absolute Gasteiger partial charge is 0.306 e. The monoisotopic (exact) mass is 159 g/mol. The second-order valence-electron chi connectivity index (χ2n) is 2.78. The highest BCUT2D eigenvalue weighted by molar-refractivity contribution is 5.77. The van der Waals surface area contributed by atoms with Crippen molar-refractivity contribution in [3.8, 4) is 0 Å². The summed E-state index contributed by atoms with van der Waals surface area (Å²) in [5.74, 6) is -2.20. The minimum Gasteiger partial charge on any atom is -0.481 e. The summed E-state index contributed by atoms with van der Waals surface area (Å²) in [6, 6.07) is 0. The van der Waals surface area contributed by atoms with E-state index in [0.29, 0.717) is 6.42 Å². The first-order valence-corrected chi connectivity index (χ1v) is 3.47. The number of primary amides is 1. The number of nitrogens with two attached hydrogens (primary N) is 1. The van der Waals surface area contributed by atoms with Crippen LogP contribution in [-0.2, 0) is 9.59 Å². The topological polar surface area (TPSA) is 80.4 Å². The summed E-state index contributed by atoms with van der Waals surface area (Å²) in [4.78, 5) is 20.8. The second-order valence-corrected chi connectivity index (χ2v) is 2.78. The van der Waals surface area contributed by atoms with E-state index in [4.69, 9.17) is 10.8 Å². The van der Waals surface area contributed by atoms with Gasteiger partial charge in [-0.2, -0.15) is 0 Å². The van der Waals surface area contributed by atoms with Crippen LogP contribution in [0.4, 0.5) is 0 Å². The Morgan fingerprint density at radius 1 is 1.36 bits per heavy atom. The number of amides is 1. The van der Waals surface area contributed by atoms with Gasteiger partial charge in [-0.3, -0.25) is 9.59 Å². The van der Waals surface area contributed by atoms with Crippen LogP contribution in [0.2, 0.25) is 0 Å². The van der Waals surface area contributed by atoms with Crippen molar-refractivity contribution in [1.82, 2.24) is 0 Å². The fourth-order valence-corrected chi connectivity index (χ4v) is 0.747. The van der Waals surface area contributed by atoms with Crippen molar-refractivity contribution in [2.45, 2.75) is 20.3 Å². The van der Waals surface area contributed by atoms with Crippen LogP contribution in [0.1, 0.15) is 20.3 Å². The average Bonchev–Trinajstić information content (AvgIpc) is 1.87. The van der Waals surface area contributed by atoms with Crippen LogP contribution in [0.15, 0.2) is 0 Å². The number of carbonyl (C=O) groups is 2. The van der Waals surface area contributed by atoms with E-state index in [1.807, 2.05) is 0 Å². The van der Waals surface area contributed by atoms with Gasteiger partial charge in [-0.25, -0.2) is 0 Å². The molecule has 1 amide bonds. The van der Waals surface area contributed by atoms with Crippen molar-refractivity contribution in [2.24, 2.45) is 17.6 Å². The first-order valence-electron chi connectivity index (χ1n) is 3.47. The fourth-order valence-electron chi connectivity index (χ4n) is 0.747. The second kappa shape index (κ2) is 3.95. The van der Waals surface area contributed by atoms with Gasteiger partial charge in [0.25, 0.3) is 0 Å². The Kier molecular flexibility index (Phi) is 3.57. The number of carbonyl (C=O) groups excluding carboxylic acids is 1. The predicted molar refractivity (Wildman–Crippen MR) is 39.8 cm³/mol. The zero-order chi connectivity index (χ0) is 9.02. The highest BCUT2D eigenvalue weighted by Crippen LogP contribution is 2.10. The number of rotatable bonds is 4. The summed E-state index contributed by atoms with van der Waals surface area (Å²) < 4.78 is 0. The van der Waals surface area contributed by atoms with Crippen LogP contribution in [0.25, 0.3) is 0 Å². The molecule has 0 fully saturated rings. The molecule has 0 aromatic heterocycles. The zero-order valence-electron chi connectivity index (χ0n) is 6.70. The van der Waals surface area contributed by atoms with E-state index in [-0.39, 0.29) is 5.92 Å². The molecule has 0 bridgehead atoms. The third kappa shape index (κ3) is 3.60. The van der Waals surface area contributed by atoms with Crippen LogP contribution < -0.4 is 5.73 Å². The number of hydrogen-bond acceptors (Lipinski definition) is 2. The molecule has 4 nitrogen and oxygen atoms in total. The molecule has 0 aromatic carbocycles. The van der Waals surface area contributed by atoms with Gasteiger partial charge in [0.15, 0.2) is 0 Å². The van der Waals surface area contributed by atoms with Crippen molar-refractivity contribution in [3.63, 3.8) is 0 Å². The first kappa shape index (κ1) is 9.94. The maximum Gasteiger partial charge on any atom is 0.306 e. The van der Waals surface area contributed by atoms with E-state index < -0.39 is 17.8 Å². The largest absolute Gasteiger partial charge is 0.481 e. The van der Waals surface area contributed by atoms with Crippen LogP contribution in [0.3, 0.4) is 0 Å². The van der Waals surface area contributed by atoms with Gasteiger partial charge in [-0.1, -0.05) is 13.8 Å². The molecular formula is C7H13NO3. The average molecular weight is 159 g/mol. The number of hydrogen-bond donors (Lipinski definition) is 2. The SMILES string of the molecule is CC(C[C@H](C)C(=O)O)C(N)=O. The van der Waals surface area contributed by atoms with E-state index in [1.165, 1.54) is 0 Å². The molecule has 0 aromatic rings. The molecule has 3 N–H and O–H groups in total. The molecule has 1 unspecified atom stereocenters. The fraction of sp³-hybridized carbons (Fsp3) is 0.714. The Bertz CT molecular complexity index is 149. The summed E-state index contributed by atoms with van der Waals surface area (Å²) in [6.07, 6.45) is 0.310. The summed E-state index contributed by atoms with van der Waals surface area (Å²) >= 11 is 0. The predicted octanol–water partition coefficient (Wildman–Crippen LogP) is 0.219. The van der Waals surface area contributed by atoms with E-state index in [0.717, 1.165) is 0 Å². The van der Waals surface area contributed by atoms with Crippen LogP contribution in [0.5, 0.6) is 0 Å². The van der Waals surface area contributed by atoms with Gasteiger partial charge in [0.2, 0.25) is 5.91 Å². The van der Waals surface area contributed by atoms with E-state index >= 15 is 0 Å². The van der Waals surface area contributed by atoms with Crippen molar-refractivity contribution < 1.29 is 14.7 Å². The van der Waals surface area contributed by atoms with Crippen LogP contribution >= 0.6 is 0 Å². The Morgan fingerprint density at radius 2 is 1.82 bits per heavy atom. The Labute approximate surface area is 65.4 Å². The van der Waals surface area contributed by atoms with Crippen molar-refractivity contribution in [1.29, 1.82) is 0 Å². The van der Waals surface area contributed by atoms with Gasteiger partial charge >= 0.3 is 5.97 Å². The molecule has 0 rings (SSSR count). The maximum absolute atomic E-state index is 10.5. The number of carboxylic acids is 1. The Balaban J connectivity index is 3.84. The lowest BCUT2D eigenvalue weighted by atomic mass is 9.97. The zero-order valence-corrected chi connectivity index (χ0v) is 6.70. The Morgan fingerprint density at radius 3 is 2.09 bits per heavy atom. The molecule has 0 heterocycles. The van der Waals surface area contributed by atoms with Crippen LogP contribution in [0, 0.1) is 11.8 Å². The van der Waals surface area contributed by atoms with Gasteiger partial charge in [0.1, 0.15) is 0 Å². The third-order valence-electron chi connectivity index (χ3n) is 1.61. The van der Waals surface area contributed by atoms with Gasteiger partial charge < -0.3 is 10.8 Å². The lowest BCUT2D eigenvalue weighted by Gasteiger charge is -2.09. The molecule has 0 aliphatic carbocycles. The molecule has 0 radical (unpaired) electrons. The highest BCUT2D eigenvalue weighted by atomic mass is 16.4. The first-order chi connectivity index (χ1) is 4.95. The van der Waals surface area contributed by atoms with Gasteiger partial charge in [-0.05, 0) is 6.42 Å². The van der Waals surface area contributed by atoms with Crippen molar-refractivity contribution >= 4 is 11.9 Å². The summed E-state index contributed by atoms with van der Waals surface area (Å²) in [5.41, 5.74) is 4.95. The molecule has 0 saturated heterocycles. The van der Waals surface area contributed by atoms with Crippen molar-refractivity contribution in [2.75, 3.05) is 0 Å². The maximum atomic E-state index is 10.5. The minimum atomic E-state index is -0.891. The Hall–Kier alpha value is -1.06. The highest BCUT2D eigenvalue weighted by Gasteiger charge is 2.17. The standard InChI is InChI=1S/C7H13NO3/c1-4(6(8)9)3-5(2)7(10)11/h4-5H,3H2,1-2H3,(H2,8,9)(H,10,11)/t4?,5-/m0/s1. The summed E-state index contributed by atoms with van der Waals surface area (Å²) in [7, 11) is 0. The molecule has 2 atom stereocenters. The molecule has 64 valence electrons. The van der Waals surface area contributed by atoms with Crippen molar-refractivity contribution in [3.05, 3.63) is 0 Å². The van der Waals surface area contributed by atoms with Gasteiger partial charge in [0, 0.05) is 5.92 Å². The molecule has 4 heteroatoms. The van der Waals surface area contributed by atoms with Gasteiger partial charge in [0.05, 0.1) is 5.92 Å². The molecule has 0 saturated carbocycles. The summed E-state index contributed by atoms with van der Waals surface area (Å²) in [6.45, 7) is 3.18. The normalized spacial score (nSPS) is 15.5.